The van der Waals surface area contributed by atoms with Crippen LogP contribution in [-0.4, -0.2) is 87.8 Å². The van der Waals surface area contributed by atoms with Crippen LogP contribution in [-0.2, 0) is 14.2 Å². The molecule has 2 N–H and O–H groups in total. The van der Waals surface area contributed by atoms with E-state index in [1.165, 1.54) is 0 Å². The van der Waals surface area contributed by atoms with E-state index in [1.807, 2.05) is 83.8 Å². The van der Waals surface area contributed by atoms with E-state index in [0.29, 0.717) is 25.6 Å². The number of nitrogens with one attached hydrogen (secondary N) is 2. The molecule has 2 aliphatic rings. The second-order valence-corrected chi connectivity index (χ2v) is 22.4. The molecule has 0 aliphatic carbocycles. The molecule has 280 valence electrons. The maximum atomic E-state index is 13.2. The number of H-pyrrole nitrogens is 1. The summed E-state index contributed by atoms with van der Waals surface area (Å²) in [6.45, 7) is 21.8. The Morgan fingerprint density at radius 3 is 2.23 bits per heavy atom. The first kappa shape index (κ1) is 38.9. The second kappa shape index (κ2) is 15.7. The van der Waals surface area contributed by atoms with Gasteiger partial charge in [-0.2, -0.15) is 0 Å². The smallest absolute Gasteiger partial charge is 0.410 e. The molecule has 1 aromatic carbocycles. The molecule has 1 saturated heterocycles. The summed E-state index contributed by atoms with van der Waals surface area (Å²) >= 11 is 0. The van der Waals surface area contributed by atoms with Crippen molar-refractivity contribution in [1.82, 2.24) is 30.2 Å². The lowest BCUT2D eigenvalue weighted by atomic mass is 9.90. The first-order valence-electron chi connectivity index (χ1n) is 18.2. The topological polar surface area (TPSA) is 144 Å². The van der Waals surface area contributed by atoms with Crippen LogP contribution in [0.5, 0.6) is 0 Å². The van der Waals surface area contributed by atoms with E-state index in [-0.39, 0.29) is 24.1 Å². The first-order chi connectivity index (χ1) is 24.4. The van der Waals surface area contributed by atoms with Crippen molar-refractivity contribution < 1.29 is 23.8 Å². The van der Waals surface area contributed by atoms with Crippen LogP contribution >= 0.6 is 0 Å². The number of hydrogen-bond acceptors (Lipinski definition) is 9. The molecule has 13 heteroatoms. The van der Waals surface area contributed by atoms with E-state index in [1.54, 1.807) is 18.6 Å². The van der Waals surface area contributed by atoms with E-state index < -0.39 is 25.4 Å². The molecule has 1 fully saturated rings. The maximum absolute atomic E-state index is 13.2. The Balaban J connectivity index is 1.28. The molecule has 0 spiro atoms. The van der Waals surface area contributed by atoms with Crippen molar-refractivity contribution in [2.24, 2.45) is 10.9 Å². The van der Waals surface area contributed by atoms with Crippen LogP contribution in [0, 0.1) is 5.92 Å². The average molecular weight is 730 g/mol. The quantitative estimate of drug-likeness (QED) is 0.148. The van der Waals surface area contributed by atoms with Crippen LogP contribution in [0.3, 0.4) is 0 Å². The Kier molecular flexibility index (Phi) is 11.7. The Morgan fingerprint density at radius 2 is 1.60 bits per heavy atom. The highest BCUT2D eigenvalue weighted by molar-refractivity contribution is 6.76. The molecule has 3 atom stereocenters. The number of aromatic nitrogens is 4. The molecule has 0 bridgehead atoms. The number of aromatic amines is 1. The van der Waals surface area contributed by atoms with Gasteiger partial charge in [-0.05, 0) is 72.9 Å². The Morgan fingerprint density at radius 1 is 0.942 bits per heavy atom. The molecular weight excluding hydrogens is 675 g/mol. The van der Waals surface area contributed by atoms with E-state index in [9.17, 15) is 9.59 Å². The number of aliphatic imine (C=N–C) groups is 1. The van der Waals surface area contributed by atoms with Gasteiger partial charge >= 0.3 is 12.2 Å². The average Bonchev–Trinajstić information content (AvgIpc) is 3.81. The summed E-state index contributed by atoms with van der Waals surface area (Å²) in [7, 11) is -1.27. The van der Waals surface area contributed by atoms with Crippen LogP contribution in [0.2, 0.25) is 25.7 Å². The molecule has 52 heavy (non-hydrogen) atoms. The highest BCUT2D eigenvalue weighted by Gasteiger charge is 2.41. The van der Waals surface area contributed by atoms with E-state index in [4.69, 9.17) is 29.2 Å². The number of benzene rings is 1. The Labute approximate surface area is 308 Å². The fourth-order valence-electron chi connectivity index (χ4n) is 6.12. The molecule has 2 aromatic heterocycles. The minimum Gasteiger partial charge on any atom is -0.444 e. The zero-order chi connectivity index (χ0) is 37.8. The van der Waals surface area contributed by atoms with Crippen molar-refractivity contribution in [3.05, 3.63) is 60.6 Å². The summed E-state index contributed by atoms with van der Waals surface area (Å²) in [6, 6.07) is 8.55. The molecule has 1 unspecified atom stereocenters. The van der Waals surface area contributed by atoms with E-state index >= 15 is 0 Å². The number of alkyl carbamates (subject to hydrolysis) is 1. The van der Waals surface area contributed by atoms with E-state index in [0.717, 1.165) is 58.4 Å². The highest BCUT2D eigenvalue weighted by atomic mass is 28.3. The molecule has 3 aromatic rings. The van der Waals surface area contributed by atoms with Crippen LogP contribution in [0.4, 0.5) is 9.59 Å². The third kappa shape index (κ3) is 10.4. The molecule has 0 saturated carbocycles. The van der Waals surface area contributed by atoms with Crippen molar-refractivity contribution in [2.75, 3.05) is 19.8 Å². The molecular formula is C39H55N7O5Si. The lowest BCUT2D eigenvalue weighted by Crippen LogP contribution is -2.45. The van der Waals surface area contributed by atoms with Gasteiger partial charge in [0.2, 0.25) is 0 Å². The predicted octanol–water partition coefficient (Wildman–Crippen LogP) is 8.29. The van der Waals surface area contributed by atoms with Gasteiger partial charge in [-0.1, -0.05) is 43.9 Å². The normalized spacial score (nSPS) is 18.5. The summed E-state index contributed by atoms with van der Waals surface area (Å²) < 4.78 is 17.4. The summed E-state index contributed by atoms with van der Waals surface area (Å²) in [4.78, 5) is 49.5. The minimum atomic E-state index is -1.27. The fraction of sp³-hybridized carbons (Fsp3) is 0.538. The van der Waals surface area contributed by atoms with Gasteiger partial charge in [-0.15, -0.1) is 0 Å². The highest BCUT2D eigenvalue weighted by Crippen LogP contribution is 2.35. The maximum Gasteiger partial charge on any atom is 0.410 e. The molecule has 4 heterocycles. The fourth-order valence-corrected chi connectivity index (χ4v) is 6.87. The van der Waals surface area contributed by atoms with Gasteiger partial charge in [0.1, 0.15) is 17.0 Å². The van der Waals surface area contributed by atoms with Crippen molar-refractivity contribution >= 4 is 31.5 Å². The molecule has 2 aliphatic heterocycles. The largest absolute Gasteiger partial charge is 0.444 e. The zero-order valence-corrected chi connectivity index (χ0v) is 33.4. The number of rotatable bonds is 11. The number of carbonyl (C=O) groups excluding carboxylic acids is 2. The van der Waals surface area contributed by atoms with Gasteiger partial charge in [0.25, 0.3) is 0 Å². The van der Waals surface area contributed by atoms with Crippen LogP contribution in [0.1, 0.15) is 78.9 Å². The molecule has 5 rings (SSSR count). The van der Waals surface area contributed by atoms with Crippen LogP contribution in [0.15, 0.2) is 54.0 Å². The SMILES string of the molecule is C[C@H](NC(=O)OC(C)(C)C)c1ncc(-c2ccc(-c3cnc(C4=CN=C([C@@H]5CCCN5C(=O)OC(C)(C)C)C4COCC[Si](C)(C)C)cn3)cc2)[nH]1. The Bertz CT molecular complexity index is 1770. The van der Waals surface area contributed by atoms with Gasteiger partial charge in [0, 0.05) is 38.6 Å². The number of nitrogens with zero attached hydrogens (tertiary/aromatic N) is 5. The molecule has 12 nitrogen and oxygen atoms in total. The monoisotopic (exact) mass is 729 g/mol. The summed E-state index contributed by atoms with van der Waals surface area (Å²) in [5, 5.41) is 2.82. The minimum absolute atomic E-state index is 0.143. The molecule has 2 amide bonds. The van der Waals surface area contributed by atoms with Crippen molar-refractivity contribution in [3.8, 4) is 22.5 Å². The third-order valence-electron chi connectivity index (χ3n) is 8.77. The van der Waals surface area contributed by atoms with Gasteiger partial charge in [-0.3, -0.25) is 19.9 Å². The predicted molar refractivity (Wildman–Crippen MR) is 207 cm³/mol. The standard InChI is InChI=1S/C39H55N7O5Si/c1-25(44-36(47)50-38(2,3)4)35-43-22-31(45-35)27-15-13-26(14-16-27)30-21-41-32(23-40-30)28-20-42-34(29(28)24-49-18-19-52(8,9)10)33-12-11-17-46(33)37(48)51-39(5,6)7/h13-16,20-23,25,29,33H,11-12,17-19,24H2,1-10H3,(H,43,45)(H,44,47)/t25-,29?,33-/m0/s1. The van der Waals surface area contributed by atoms with Crippen molar-refractivity contribution in [3.63, 3.8) is 0 Å². The summed E-state index contributed by atoms with van der Waals surface area (Å²) in [5.41, 5.74) is 4.88. The van der Waals surface area contributed by atoms with E-state index in [2.05, 4.69) is 34.9 Å². The van der Waals surface area contributed by atoms with Gasteiger partial charge in [0.15, 0.2) is 0 Å². The number of imidazole rings is 1. The lowest BCUT2D eigenvalue weighted by molar-refractivity contribution is 0.0262. The number of carbonyl (C=O) groups is 2. The number of ether oxygens (including phenoxy) is 3. The van der Waals surface area contributed by atoms with Gasteiger partial charge in [-0.25, -0.2) is 14.6 Å². The number of amides is 2. The second-order valence-electron chi connectivity index (χ2n) is 16.8. The van der Waals surface area contributed by atoms with Crippen LogP contribution < -0.4 is 5.32 Å². The zero-order valence-electron chi connectivity index (χ0n) is 32.4. The van der Waals surface area contributed by atoms with Gasteiger partial charge in [0.05, 0.1) is 66.0 Å². The number of hydrogen-bond donors (Lipinski definition) is 2. The third-order valence-corrected chi connectivity index (χ3v) is 10.5. The summed E-state index contributed by atoms with van der Waals surface area (Å²) in [5.74, 6) is 0.487. The van der Waals surface area contributed by atoms with Crippen LogP contribution in [0.25, 0.3) is 28.1 Å². The van der Waals surface area contributed by atoms with Crippen molar-refractivity contribution in [2.45, 2.75) is 110 Å². The van der Waals surface area contributed by atoms with Crippen molar-refractivity contribution in [1.29, 1.82) is 0 Å². The Hall–Kier alpha value is -4.36. The summed E-state index contributed by atoms with van der Waals surface area (Å²) in [6.07, 6.45) is 8.11. The first-order valence-corrected chi connectivity index (χ1v) is 21.9. The lowest BCUT2D eigenvalue weighted by Gasteiger charge is -2.31. The molecule has 0 radical (unpaired) electrons. The number of likely N-dealkylation sites (tertiary alicyclic amines) is 1. The van der Waals surface area contributed by atoms with Gasteiger partial charge < -0.3 is 24.5 Å².